The normalized spacial score (nSPS) is 16.6. The topological polar surface area (TPSA) is 125 Å². The molecule has 1 fully saturated rings. The molecule has 0 radical (unpaired) electrons. The lowest BCUT2D eigenvalue weighted by atomic mass is 10.1. The van der Waals surface area contributed by atoms with Crippen molar-refractivity contribution in [1.82, 2.24) is 20.1 Å². The number of benzene rings is 1. The molecular formula is C16H18F3N5O3. The van der Waals surface area contributed by atoms with E-state index in [0.29, 0.717) is 17.9 Å². The molecule has 1 aromatic heterocycles. The van der Waals surface area contributed by atoms with Crippen molar-refractivity contribution in [3.63, 3.8) is 0 Å². The number of hydrogen-bond acceptors (Lipinski definition) is 5. The average Bonchev–Trinajstić information content (AvgIpc) is 3.22. The van der Waals surface area contributed by atoms with Crippen LogP contribution in [0.5, 0.6) is 0 Å². The first-order chi connectivity index (χ1) is 12.6. The third kappa shape index (κ3) is 5.51. The lowest BCUT2D eigenvalue weighted by molar-refractivity contribution is -0.192. The number of aryl methyl sites for hydroxylation is 1. The number of aromatic amines is 1. The first-order valence-electron chi connectivity index (χ1n) is 7.92. The summed E-state index contributed by atoms with van der Waals surface area (Å²) < 4.78 is 31.7. The van der Waals surface area contributed by atoms with Crippen LogP contribution in [-0.4, -0.2) is 62.4 Å². The van der Waals surface area contributed by atoms with E-state index < -0.39 is 12.1 Å². The van der Waals surface area contributed by atoms with Crippen LogP contribution in [0.1, 0.15) is 22.6 Å². The number of aliphatic carboxylic acids is 1. The number of rotatable bonds is 2. The van der Waals surface area contributed by atoms with Gasteiger partial charge in [-0.15, -0.1) is 0 Å². The predicted octanol–water partition coefficient (Wildman–Crippen LogP) is 1.59. The van der Waals surface area contributed by atoms with Crippen molar-refractivity contribution >= 4 is 11.9 Å². The minimum atomic E-state index is -5.08. The summed E-state index contributed by atoms with van der Waals surface area (Å²) in [5.41, 5.74) is 7.34. The molecule has 0 spiro atoms. The van der Waals surface area contributed by atoms with Gasteiger partial charge in [-0.1, -0.05) is 12.1 Å². The van der Waals surface area contributed by atoms with Crippen LogP contribution >= 0.6 is 0 Å². The summed E-state index contributed by atoms with van der Waals surface area (Å²) in [6, 6.07) is 7.49. The van der Waals surface area contributed by atoms with Crippen LogP contribution in [-0.2, 0) is 4.79 Å². The van der Waals surface area contributed by atoms with Gasteiger partial charge in [0.1, 0.15) is 5.82 Å². The molecule has 2 heterocycles. The lowest BCUT2D eigenvalue weighted by Crippen LogP contribution is -2.31. The number of carboxylic acids is 1. The number of aromatic nitrogens is 3. The number of H-pyrrole nitrogens is 1. The molecular weight excluding hydrogens is 367 g/mol. The maximum Gasteiger partial charge on any atom is 0.490 e. The fourth-order valence-electron chi connectivity index (χ4n) is 2.42. The molecule has 2 aromatic rings. The Hall–Kier alpha value is -2.95. The van der Waals surface area contributed by atoms with Crippen LogP contribution in [0, 0.1) is 6.92 Å². The zero-order chi connectivity index (χ0) is 20.2. The molecule has 1 aromatic carbocycles. The van der Waals surface area contributed by atoms with E-state index in [0.717, 1.165) is 24.4 Å². The predicted molar refractivity (Wildman–Crippen MR) is 88.7 cm³/mol. The Labute approximate surface area is 152 Å². The largest absolute Gasteiger partial charge is 0.490 e. The molecule has 1 atom stereocenters. The zero-order valence-corrected chi connectivity index (χ0v) is 14.3. The Morgan fingerprint density at radius 2 is 2.04 bits per heavy atom. The molecule has 8 nitrogen and oxygen atoms in total. The van der Waals surface area contributed by atoms with Crippen LogP contribution in [0.15, 0.2) is 24.3 Å². The SMILES string of the molecule is Cc1nc(-c2cccc(C(=O)N3CC[C@@H](N)C3)c2)n[nH]1.O=C(O)C(F)(F)F. The fourth-order valence-corrected chi connectivity index (χ4v) is 2.42. The highest BCUT2D eigenvalue weighted by Gasteiger charge is 2.38. The zero-order valence-electron chi connectivity index (χ0n) is 14.3. The van der Waals surface area contributed by atoms with E-state index in [9.17, 15) is 18.0 Å². The molecule has 0 bridgehead atoms. The summed E-state index contributed by atoms with van der Waals surface area (Å²) in [6.45, 7) is 3.20. The maximum absolute atomic E-state index is 12.4. The number of nitrogens with two attached hydrogens (primary N) is 1. The molecule has 4 N–H and O–H groups in total. The second-order valence-electron chi connectivity index (χ2n) is 5.93. The summed E-state index contributed by atoms with van der Waals surface area (Å²) >= 11 is 0. The van der Waals surface area contributed by atoms with E-state index in [2.05, 4.69) is 15.2 Å². The highest BCUT2D eigenvalue weighted by Crippen LogP contribution is 2.19. The third-order valence-electron chi connectivity index (χ3n) is 3.72. The second kappa shape index (κ2) is 8.16. The molecule has 27 heavy (non-hydrogen) atoms. The molecule has 146 valence electrons. The number of halogens is 3. The van der Waals surface area contributed by atoms with Gasteiger partial charge in [0, 0.05) is 30.3 Å². The highest BCUT2D eigenvalue weighted by atomic mass is 19.4. The molecule has 11 heteroatoms. The van der Waals surface area contributed by atoms with Crippen LogP contribution < -0.4 is 5.73 Å². The Bertz CT molecular complexity index is 822. The van der Waals surface area contributed by atoms with Crippen molar-refractivity contribution in [1.29, 1.82) is 0 Å². The van der Waals surface area contributed by atoms with E-state index >= 15 is 0 Å². The smallest absolute Gasteiger partial charge is 0.475 e. The number of nitrogens with zero attached hydrogens (tertiary/aromatic N) is 3. The molecule has 0 aliphatic carbocycles. The minimum absolute atomic E-state index is 0.0204. The van der Waals surface area contributed by atoms with Gasteiger partial charge in [0.05, 0.1) is 0 Å². The molecule has 3 rings (SSSR count). The molecule has 1 saturated heterocycles. The minimum Gasteiger partial charge on any atom is -0.475 e. The van der Waals surface area contributed by atoms with Crippen LogP contribution in [0.25, 0.3) is 11.4 Å². The number of carbonyl (C=O) groups excluding carboxylic acids is 1. The Kier molecular flexibility index (Phi) is 6.16. The van der Waals surface area contributed by atoms with E-state index in [1.807, 2.05) is 31.2 Å². The first-order valence-corrected chi connectivity index (χ1v) is 7.92. The van der Waals surface area contributed by atoms with E-state index in [-0.39, 0.29) is 11.9 Å². The lowest BCUT2D eigenvalue weighted by Gasteiger charge is -2.15. The number of likely N-dealkylation sites (tertiary alicyclic amines) is 1. The number of nitrogens with one attached hydrogen (secondary N) is 1. The van der Waals surface area contributed by atoms with E-state index in [1.165, 1.54) is 0 Å². The van der Waals surface area contributed by atoms with Crippen molar-refractivity contribution in [2.75, 3.05) is 13.1 Å². The number of alkyl halides is 3. The van der Waals surface area contributed by atoms with Crippen LogP contribution in [0.2, 0.25) is 0 Å². The van der Waals surface area contributed by atoms with Gasteiger partial charge in [-0.05, 0) is 25.5 Å². The van der Waals surface area contributed by atoms with E-state index in [4.69, 9.17) is 15.6 Å². The van der Waals surface area contributed by atoms with Crippen molar-refractivity contribution in [3.05, 3.63) is 35.7 Å². The molecule has 1 amide bonds. The number of carboxylic acid groups (broad SMARTS) is 1. The second-order valence-corrected chi connectivity index (χ2v) is 5.93. The summed E-state index contributed by atoms with van der Waals surface area (Å²) in [4.78, 5) is 27.4. The van der Waals surface area contributed by atoms with Crippen molar-refractivity contribution < 1.29 is 27.9 Å². The maximum atomic E-state index is 12.4. The highest BCUT2D eigenvalue weighted by molar-refractivity contribution is 5.95. The van der Waals surface area contributed by atoms with Gasteiger partial charge in [0.15, 0.2) is 5.82 Å². The Morgan fingerprint density at radius 1 is 1.37 bits per heavy atom. The summed E-state index contributed by atoms with van der Waals surface area (Å²) in [5.74, 6) is -1.38. The Morgan fingerprint density at radius 3 is 2.52 bits per heavy atom. The standard InChI is InChI=1S/C14H17N5O.C2HF3O2/c1-9-16-13(18-17-9)10-3-2-4-11(7-10)14(20)19-6-5-12(15)8-19;3-2(4,5)1(6)7/h2-4,7,12H,5-6,8,15H2,1H3,(H,16,17,18);(H,6,7)/t12-;/m1./s1. The van der Waals surface area contributed by atoms with Crippen LogP contribution in [0.4, 0.5) is 13.2 Å². The van der Waals surface area contributed by atoms with Gasteiger partial charge in [0.25, 0.3) is 5.91 Å². The molecule has 1 aliphatic heterocycles. The van der Waals surface area contributed by atoms with Crippen molar-refractivity contribution in [3.8, 4) is 11.4 Å². The first kappa shape index (κ1) is 20.4. The summed E-state index contributed by atoms with van der Waals surface area (Å²) in [7, 11) is 0. The average molecular weight is 385 g/mol. The van der Waals surface area contributed by atoms with Crippen molar-refractivity contribution in [2.24, 2.45) is 5.73 Å². The quantitative estimate of drug-likeness (QED) is 0.721. The van der Waals surface area contributed by atoms with Gasteiger partial charge < -0.3 is 15.7 Å². The summed E-state index contributed by atoms with van der Waals surface area (Å²) in [6.07, 6.45) is -4.22. The number of amides is 1. The number of carbonyl (C=O) groups is 2. The third-order valence-corrected chi connectivity index (χ3v) is 3.72. The van der Waals surface area contributed by atoms with Gasteiger partial charge in [0.2, 0.25) is 0 Å². The summed E-state index contributed by atoms with van der Waals surface area (Å²) in [5, 5.41) is 14.0. The monoisotopic (exact) mass is 385 g/mol. The fraction of sp³-hybridized carbons (Fsp3) is 0.375. The molecule has 0 unspecified atom stereocenters. The Balaban J connectivity index is 0.000000321. The van der Waals surface area contributed by atoms with Gasteiger partial charge in [-0.25, -0.2) is 9.78 Å². The van der Waals surface area contributed by atoms with Gasteiger partial charge in [-0.3, -0.25) is 9.89 Å². The van der Waals surface area contributed by atoms with Gasteiger partial charge >= 0.3 is 12.1 Å². The molecule has 1 aliphatic rings. The molecule has 0 saturated carbocycles. The van der Waals surface area contributed by atoms with Crippen molar-refractivity contribution in [2.45, 2.75) is 25.6 Å². The van der Waals surface area contributed by atoms with E-state index in [1.54, 1.807) is 4.90 Å². The number of hydrogen-bond donors (Lipinski definition) is 3. The van der Waals surface area contributed by atoms with Crippen LogP contribution in [0.3, 0.4) is 0 Å². The van der Waals surface area contributed by atoms with Gasteiger partial charge in [-0.2, -0.15) is 18.3 Å².